The van der Waals surface area contributed by atoms with Crippen molar-refractivity contribution in [2.75, 3.05) is 47.5 Å². The van der Waals surface area contributed by atoms with Gasteiger partial charge in [0.25, 0.3) is 6.29 Å². The van der Waals surface area contributed by atoms with Crippen LogP contribution in [0.3, 0.4) is 0 Å². The fraction of sp³-hybridized carbons (Fsp3) is 0.896. The largest absolute Gasteiger partial charge is 0.477 e. The highest BCUT2D eigenvalue weighted by molar-refractivity contribution is 5.71. The van der Waals surface area contributed by atoms with E-state index in [1.807, 2.05) is 21.1 Å². The number of carboxylic acids is 1. The van der Waals surface area contributed by atoms with Gasteiger partial charge in [-0.2, -0.15) is 0 Å². The molecule has 9 nitrogen and oxygen atoms in total. The topological polar surface area (TPSA) is 108 Å². The van der Waals surface area contributed by atoms with E-state index < -0.39 is 18.4 Å². The molecule has 76 heavy (non-hydrogen) atoms. The van der Waals surface area contributed by atoms with Gasteiger partial charge in [0.15, 0.2) is 6.10 Å². The standard InChI is InChI=1S/C67H127NO8/c1-6-8-10-12-14-16-18-20-22-24-25-26-27-28-29-30-31-32-33-34-35-36-37-38-39-40-41-42-44-46-48-50-52-54-56-58-65(70)76-63(62-75-67(66(71)72)73-60-59-68(3,4)5)61-74-64(69)57-55-53-51-49-47-45-43-23-21-19-17-15-13-11-9-7-2/h18,20,24-25,63,67H,6-17,19,21-23,26-62H2,1-5H3/p+1/b20-18-,25-24-. The molecule has 0 heterocycles. The Balaban J connectivity index is 4.00. The Labute approximate surface area is 471 Å². The molecule has 0 aliphatic rings. The summed E-state index contributed by atoms with van der Waals surface area (Å²) >= 11 is 0. The zero-order valence-corrected chi connectivity index (χ0v) is 51.2. The monoisotopic (exact) mass is 1070 g/mol. The number of unbranched alkanes of at least 4 members (excludes halogenated alkanes) is 43. The predicted molar refractivity (Wildman–Crippen MR) is 323 cm³/mol. The van der Waals surface area contributed by atoms with Gasteiger partial charge in [-0.3, -0.25) is 9.59 Å². The molecule has 0 fully saturated rings. The Bertz CT molecular complexity index is 1300. The second-order valence-electron chi connectivity index (χ2n) is 23.8. The van der Waals surface area contributed by atoms with Gasteiger partial charge in [0.1, 0.15) is 13.2 Å². The normalized spacial score (nSPS) is 12.8. The highest BCUT2D eigenvalue weighted by Crippen LogP contribution is 2.18. The third kappa shape index (κ3) is 59.4. The summed E-state index contributed by atoms with van der Waals surface area (Å²) in [6.45, 7) is 4.93. The lowest BCUT2D eigenvalue weighted by molar-refractivity contribution is -0.870. The van der Waals surface area contributed by atoms with E-state index >= 15 is 0 Å². The smallest absolute Gasteiger partial charge is 0.361 e. The molecule has 1 N–H and O–H groups in total. The number of likely N-dealkylation sites (N-methyl/N-ethyl adjacent to an activating group) is 1. The summed E-state index contributed by atoms with van der Waals surface area (Å²) in [5, 5.41) is 9.72. The molecule has 0 saturated carbocycles. The predicted octanol–water partition coefficient (Wildman–Crippen LogP) is 19.9. The van der Waals surface area contributed by atoms with Crippen molar-refractivity contribution < 1.29 is 42.9 Å². The van der Waals surface area contributed by atoms with Crippen LogP contribution in [0.5, 0.6) is 0 Å². The van der Waals surface area contributed by atoms with Crippen molar-refractivity contribution in [1.29, 1.82) is 0 Å². The first-order chi connectivity index (χ1) is 37.1. The van der Waals surface area contributed by atoms with Gasteiger partial charge < -0.3 is 28.5 Å². The molecule has 0 aromatic rings. The molecule has 0 aliphatic heterocycles. The van der Waals surface area contributed by atoms with E-state index in [9.17, 15) is 19.5 Å². The molecule has 448 valence electrons. The maximum Gasteiger partial charge on any atom is 0.361 e. The maximum atomic E-state index is 12.9. The van der Waals surface area contributed by atoms with Crippen molar-refractivity contribution in [1.82, 2.24) is 0 Å². The van der Waals surface area contributed by atoms with Crippen LogP contribution >= 0.6 is 0 Å². The van der Waals surface area contributed by atoms with Crippen LogP contribution in [0.1, 0.15) is 328 Å². The molecule has 9 heteroatoms. The van der Waals surface area contributed by atoms with Crippen molar-refractivity contribution in [2.45, 2.75) is 341 Å². The molecule has 0 aromatic heterocycles. The average molecular weight is 1080 g/mol. The minimum Gasteiger partial charge on any atom is -0.477 e. The Morgan fingerprint density at radius 1 is 0.395 bits per heavy atom. The SMILES string of the molecule is CCCCCCC/C=C\C/C=C\CCCCCCCCCCCCCCCCCCCCCCCCCC(=O)OC(COC(=O)CCCCCCCCCCCCCCCCCC)COC(OCC[N+](C)(C)C)C(=O)O. The van der Waals surface area contributed by atoms with Crippen LogP contribution in [0.15, 0.2) is 24.3 Å². The van der Waals surface area contributed by atoms with Gasteiger partial charge in [-0.25, -0.2) is 4.79 Å². The summed E-state index contributed by atoms with van der Waals surface area (Å²) in [5.74, 6) is -1.98. The molecule has 2 unspecified atom stereocenters. The van der Waals surface area contributed by atoms with Gasteiger partial charge in [-0.15, -0.1) is 0 Å². The lowest BCUT2D eigenvalue weighted by Gasteiger charge is -2.25. The summed E-state index contributed by atoms with van der Waals surface area (Å²) in [6.07, 6.45) is 68.6. The zero-order valence-electron chi connectivity index (χ0n) is 51.2. The Morgan fingerprint density at radius 3 is 1.04 bits per heavy atom. The fourth-order valence-corrected chi connectivity index (χ4v) is 9.87. The molecule has 0 amide bonds. The lowest BCUT2D eigenvalue weighted by atomic mass is 10.0. The van der Waals surface area contributed by atoms with Gasteiger partial charge >= 0.3 is 17.9 Å². The average Bonchev–Trinajstić information content (AvgIpc) is 3.39. The van der Waals surface area contributed by atoms with Crippen LogP contribution in [-0.4, -0.2) is 87.4 Å². The minimum absolute atomic E-state index is 0.174. The van der Waals surface area contributed by atoms with E-state index in [0.717, 1.165) is 44.9 Å². The van der Waals surface area contributed by atoms with Crippen LogP contribution in [0.25, 0.3) is 0 Å². The fourth-order valence-electron chi connectivity index (χ4n) is 9.87. The summed E-state index contributed by atoms with van der Waals surface area (Å²) in [6, 6.07) is 0. The first-order valence-electron chi connectivity index (χ1n) is 33.0. The van der Waals surface area contributed by atoms with Crippen molar-refractivity contribution >= 4 is 17.9 Å². The van der Waals surface area contributed by atoms with Crippen LogP contribution in [0.4, 0.5) is 0 Å². The van der Waals surface area contributed by atoms with Gasteiger partial charge in [0, 0.05) is 12.8 Å². The number of quaternary nitrogens is 1. The van der Waals surface area contributed by atoms with E-state index in [2.05, 4.69) is 38.2 Å². The molecular weight excluding hydrogens is 947 g/mol. The van der Waals surface area contributed by atoms with Crippen LogP contribution in [0.2, 0.25) is 0 Å². The Hall–Kier alpha value is -2.23. The molecule has 2 atom stereocenters. The summed E-state index contributed by atoms with van der Waals surface area (Å²) in [7, 11) is 5.98. The van der Waals surface area contributed by atoms with Crippen molar-refractivity contribution in [3.63, 3.8) is 0 Å². The summed E-state index contributed by atoms with van der Waals surface area (Å²) in [5.41, 5.74) is 0. The molecule has 0 aromatic carbocycles. The molecule has 0 saturated heterocycles. The van der Waals surface area contributed by atoms with E-state index in [1.54, 1.807) is 0 Å². The maximum absolute atomic E-state index is 12.9. The molecule has 0 bridgehead atoms. The minimum atomic E-state index is -1.51. The molecular formula is C67H128NO8+. The number of rotatable bonds is 62. The highest BCUT2D eigenvalue weighted by atomic mass is 16.7. The lowest BCUT2D eigenvalue weighted by Crippen LogP contribution is -2.40. The molecule has 0 spiro atoms. The quantitative estimate of drug-likeness (QED) is 0.0211. The third-order valence-electron chi connectivity index (χ3n) is 15.0. The number of hydrogen-bond donors (Lipinski definition) is 1. The number of allylic oxidation sites excluding steroid dienone is 4. The van der Waals surface area contributed by atoms with Gasteiger partial charge in [0.05, 0.1) is 34.4 Å². The first kappa shape index (κ1) is 73.8. The number of aliphatic carboxylic acids is 1. The highest BCUT2D eigenvalue weighted by Gasteiger charge is 2.25. The summed E-state index contributed by atoms with van der Waals surface area (Å²) in [4.78, 5) is 37.5. The van der Waals surface area contributed by atoms with Crippen LogP contribution in [0, 0.1) is 0 Å². The van der Waals surface area contributed by atoms with Crippen molar-refractivity contribution in [3.8, 4) is 0 Å². The van der Waals surface area contributed by atoms with E-state index in [1.165, 1.54) is 257 Å². The number of esters is 2. The molecule has 0 aliphatic carbocycles. The number of carbonyl (C=O) groups is 3. The number of carbonyl (C=O) groups excluding carboxylic acids is 2. The number of nitrogens with zero attached hydrogens (tertiary/aromatic N) is 1. The second kappa shape index (κ2) is 58.9. The molecule has 0 radical (unpaired) electrons. The number of hydrogen-bond acceptors (Lipinski definition) is 7. The van der Waals surface area contributed by atoms with E-state index in [-0.39, 0.29) is 38.2 Å². The van der Waals surface area contributed by atoms with Gasteiger partial charge in [-0.1, -0.05) is 295 Å². The van der Waals surface area contributed by atoms with Gasteiger partial charge in [-0.05, 0) is 44.9 Å². The molecule has 0 rings (SSSR count). The van der Waals surface area contributed by atoms with Crippen molar-refractivity contribution in [2.24, 2.45) is 0 Å². The Kier molecular flexibility index (Phi) is 57.2. The van der Waals surface area contributed by atoms with E-state index in [0.29, 0.717) is 17.4 Å². The van der Waals surface area contributed by atoms with E-state index in [4.69, 9.17) is 18.9 Å². The Morgan fingerprint density at radius 2 is 0.711 bits per heavy atom. The van der Waals surface area contributed by atoms with Crippen LogP contribution in [-0.2, 0) is 33.3 Å². The van der Waals surface area contributed by atoms with Gasteiger partial charge in [0.2, 0.25) is 0 Å². The number of carboxylic acid groups (broad SMARTS) is 1. The first-order valence-corrected chi connectivity index (χ1v) is 33.0. The second-order valence-corrected chi connectivity index (χ2v) is 23.8. The van der Waals surface area contributed by atoms with Crippen molar-refractivity contribution in [3.05, 3.63) is 24.3 Å². The summed E-state index contributed by atoms with van der Waals surface area (Å²) < 4.78 is 22.9. The third-order valence-corrected chi connectivity index (χ3v) is 15.0. The number of ether oxygens (including phenoxy) is 4. The zero-order chi connectivity index (χ0) is 55.5. The van der Waals surface area contributed by atoms with Crippen LogP contribution < -0.4 is 0 Å².